The van der Waals surface area contributed by atoms with Crippen LogP contribution in [0.2, 0.25) is 0 Å². The number of aliphatic carboxylic acids is 1. The van der Waals surface area contributed by atoms with Crippen LogP contribution in [0.5, 0.6) is 0 Å². The molecule has 4 atom stereocenters. The Kier molecular flexibility index (Phi) is 10.0. The molecule has 0 rings (SSSR count). The summed E-state index contributed by atoms with van der Waals surface area (Å²) in [7, 11) is 0. The minimum absolute atomic E-state index is 0.0718. The monoisotopic (exact) mass is 387 g/mol. The van der Waals surface area contributed by atoms with Gasteiger partial charge in [-0.05, 0) is 26.2 Å². The second kappa shape index (κ2) is 11.1. The van der Waals surface area contributed by atoms with E-state index in [4.69, 9.17) is 16.6 Å². The number of carbonyl (C=O) groups is 5. The van der Waals surface area contributed by atoms with E-state index < -0.39 is 53.8 Å². The number of primary amides is 1. The maximum atomic E-state index is 12.5. The first-order chi connectivity index (χ1) is 12.4. The number of hydrogen-bond donors (Lipinski definition) is 6. The molecule has 4 unspecified atom stereocenters. The highest BCUT2D eigenvalue weighted by Crippen LogP contribution is 2.06. The summed E-state index contributed by atoms with van der Waals surface area (Å²) in [5.74, 6) is -4.24. The molecular weight excluding hydrogens is 358 g/mol. The topological polar surface area (TPSA) is 194 Å². The summed E-state index contributed by atoms with van der Waals surface area (Å²) in [6, 6.07) is -4.18. The van der Waals surface area contributed by atoms with Crippen LogP contribution in [-0.4, -0.2) is 58.9 Å². The van der Waals surface area contributed by atoms with Gasteiger partial charge in [-0.1, -0.05) is 13.8 Å². The van der Waals surface area contributed by atoms with Crippen LogP contribution in [0.3, 0.4) is 0 Å². The van der Waals surface area contributed by atoms with Gasteiger partial charge in [0, 0.05) is 6.42 Å². The van der Waals surface area contributed by atoms with Gasteiger partial charge in [0.15, 0.2) is 0 Å². The number of hydrogen-bond acceptors (Lipinski definition) is 6. The van der Waals surface area contributed by atoms with Crippen molar-refractivity contribution in [1.29, 1.82) is 0 Å². The lowest BCUT2D eigenvalue weighted by Crippen LogP contribution is -2.58. The molecule has 0 aromatic carbocycles. The summed E-state index contributed by atoms with van der Waals surface area (Å²) in [4.78, 5) is 58.5. The molecule has 0 aliphatic heterocycles. The molecule has 0 aliphatic carbocycles. The number of carboxylic acid groups (broad SMARTS) is 1. The Hall–Kier alpha value is -2.69. The fourth-order valence-corrected chi connectivity index (χ4v) is 2.01. The standard InChI is InChI=1S/C16H29N5O6/c1-7(2)12(15(25)19-9(4)16(26)27)21-14(24)10(5-6-11(18)22)20-13(23)8(3)17/h7-10,12H,5-6,17H2,1-4H3,(H2,18,22)(H,19,25)(H,20,23)(H,21,24)(H,26,27). The summed E-state index contributed by atoms with van der Waals surface area (Å²) in [5, 5.41) is 16.1. The van der Waals surface area contributed by atoms with Crippen LogP contribution in [0, 0.1) is 5.92 Å². The van der Waals surface area contributed by atoms with Gasteiger partial charge in [0.05, 0.1) is 6.04 Å². The normalized spacial score (nSPS) is 15.2. The highest BCUT2D eigenvalue weighted by molar-refractivity contribution is 5.94. The Morgan fingerprint density at radius 2 is 1.44 bits per heavy atom. The van der Waals surface area contributed by atoms with Crippen LogP contribution < -0.4 is 27.4 Å². The molecular formula is C16H29N5O6. The van der Waals surface area contributed by atoms with E-state index in [0.717, 1.165) is 0 Å². The zero-order chi connectivity index (χ0) is 21.3. The lowest BCUT2D eigenvalue weighted by atomic mass is 10.0. The Morgan fingerprint density at radius 1 is 0.889 bits per heavy atom. The molecule has 154 valence electrons. The number of rotatable bonds is 11. The number of nitrogens with two attached hydrogens (primary N) is 2. The van der Waals surface area contributed by atoms with Crippen LogP contribution in [0.4, 0.5) is 0 Å². The van der Waals surface area contributed by atoms with Gasteiger partial charge in [-0.3, -0.25) is 24.0 Å². The van der Waals surface area contributed by atoms with E-state index in [1.165, 1.54) is 13.8 Å². The van der Waals surface area contributed by atoms with Gasteiger partial charge in [0.1, 0.15) is 18.1 Å². The van der Waals surface area contributed by atoms with Crippen molar-refractivity contribution in [3.63, 3.8) is 0 Å². The first-order valence-electron chi connectivity index (χ1n) is 8.54. The summed E-state index contributed by atoms with van der Waals surface area (Å²) >= 11 is 0. The molecule has 0 aromatic heterocycles. The van der Waals surface area contributed by atoms with Gasteiger partial charge in [-0.15, -0.1) is 0 Å². The Morgan fingerprint density at radius 3 is 1.85 bits per heavy atom. The van der Waals surface area contributed by atoms with Crippen LogP contribution >= 0.6 is 0 Å². The van der Waals surface area contributed by atoms with E-state index in [9.17, 15) is 24.0 Å². The summed E-state index contributed by atoms with van der Waals surface area (Å²) in [6.07, 6.45) is -0.233. The van der Waals surface area contributed by atoms with Gasteiger partial charge >= 0.3 is 5.97 Å². The molecule has 0 saturated heterocycles. The van der Waals surface area contributed by atoms with Crippen molar-refractivity contribution in [2.75, 3.05) is 0 Å². The van der Waals surface area contributed by atoms with Crippen LogP contribution in [-0.2, 0) is 24.0 Å². The van der Waals surface area contributed by atoms with Gasteiger partial charge in [0.25, 0.3) is 0 Å². The van der Waals surface area contributed by atoms with E-state index in [0.29, 0.717) is 0 Å². The highest BCUT2D eigenvalue weighted by atomic mass is 16.4. The molecule has 0 heterocycles. The van der Waals surface area contributed by atoms with Crippen LogP contribution in [0.1, 0.15) is 40.5 Å². The minimum Gasteiger partial charge on any atom is -0.480 e. The third kappa shape index (κ3) is 8.99. The van der Waals surface area contributed by atoms with Crippen LogP contribution in [0.25, 0.3) is 0 Å². The molecule has 8 N–H and O–H groups in total. The van der Waals surface area contributed by atoms with Gasteiger partial charge < -0.3 is 32.5 Å². The molecule has 0 saturated carbocycles. The van der Waals surface area contributed by atoms with Crippen molar-refractivity contribution in [3.05, 3.63) is 0 Å². The van der Waals surface area contributed by atoms with Crippen molar-refractivity contribution in [2.24, 2.45) is 17.4 Å². The molecule has 4 amide bonds. The minimum atomic E-state index is -1.22. The van der Waals surface area contributed by atoms with Crippen molar-refractivity contribution >= 4 is 29.6 Å². The number of amides is 4. The second-order valence-electron chi connectivity index (χ2n) is 6.65. The molecule has 0 spiro atoms. The fourth-order valence-electron chi connectivity index (χ4n) is 2.01. The second-order valence-corrected chi connectivity index (χ2v) is 6.65. The van der Waals surface area contributed by atoms with Crippen molar-refractivity contribution in [1.82, 2.24) is 16.0 Å². The van der Waals surface area contributed by atoms with Crippen LogP contribution in [0.15, 0.2) is 0 Å². The summed E-state index contributed by atoms with van der Waals surface area (Å²) in [6.45, 7) is 6.04. The molecule has 0 aromatic rings. The molecule has 27 heavy (non-hydrogen) atoms. The molecule has 0 aliphatic rings. The van der Waals surface area contributed by atoms with Gasteiger partial charge in [-0.25, -0.2) is 0 Å². The Labute approximate surface area is 157 Å². The highest BCUT2D eigenvalue weighted by Gasteiger charge is 2.30. The third-order valence-corrected chi connectivity index (χ3v) is 3.70. The first kappa shape index (κ1) is 24.3. The average Bonchev–Trinajstić information content (AvgIpc) is 2.54. The molecule has 0 radical (unpaired) electrons. The van der Waals surface area contributed by atoms with E-state index in [2.05, 4.69) is 16.0 Å². The van der Waals surface area contributed by atoms with E-state index in [1.807, 2.05) is 0 Å². The smallest absolute Gasteiger partial charge is 0.325 e. The largest absolute Gasteiger partial charge is 0.480 e. The van der Waals surface area contributed by atoms with Gasteiger partial charge in [-0.2, -0.15) is 0 Å². The zero-order valence-corrected chi connectivity index (χ0v) is 15.9. The van der Waals surface area contributed by atoms with Crippen molar-refractivity contribution in [3.8, 4) is 0 Å². The molecule has 0 fully saturated rings. The number of nitrogens with one attached hydrogen (secondary N) is 3. The quantitative estimate of drug-likeness (QED) is 0.232. The average molecular weight is 387 g/mol. The maximum Gasteiger partial charge on any atom is 0.325 e. The van der Waals surface area contributed by atoms with Gasteiger partial charge in [0.2, 0.25) is 23.6 Å². The molecule has 11 heteroatoms. The molecule has 11 nitrogen and oxygen atoms in total. The Balaban J connectivity index is 5.23. The maximum absolute atomic E-state index is 12.5. The van der Waals surface area contributed by atoms with E-state index in [1.54, 1.807) is 13.8 Å². The lowest BCUT2D eigenvalue weighted by Gasteiger charge is -2.26. The predicted molar refractivity (Wildman–Crippen MR) is 96.0 cm³/mol. The lowest BCUT2D eigenvalue weighted by molar-refractivity contribution is -0.142. The Bertz CT molecular complexity index is 578. The first-order valence-corrected chi connectivity index (χ1v) is 8.54. The third-order valence-electron chi connectivity index (χ3n) is 3.70. The summed E-state index contributed by atoms with van der Waals surface area (Å²) in [5.41, 5.74) is 10.6. The fraction of sp³-hybridized carbons (Fsp3) is 0.688. The van der Waals surface area contributed by atoms with Crippen molar-refractivity contribution < 1.29 is 29.1 Å². The van der Waals surface area contributed by atoms with Crippen molar-refractivity contribution in [2.45, 2.75) is 64.7 Å². The van der Waals surface area contributed by atoms with E-state index >= 15 is 0 Å². The van der Waals surface area contributed by atoms with E-state index in [-0.39, 0.29) is 18.8 Å². The zero-order valence-electron chi connectivity index (χ0n) is 15.9. The molecule has 0 bridgehead atoms. The summed E-state index contributed by atoms with van der Waals surface area (Å²) < 4.78 is 0. The number of carbonyl (C=O) groups excluding carboxylic acids is 4. The predicted octanol–water partition coefficient (Wildman–Crippen LogP) is -2.19. The number of carboxylic acids is 1. The SMILES string of the molecule is CC(N)C(=O)NC(CCC(N)=O)C(=O)NC(C(=O)NC(C)C(=O)O)C(C)C.